The number of piperazine rings is 1. The van der Waals surface area contributed by atoms with Crippen molar-refractivity contribution < 1.29 is 4.39 Å². The van der Waals surface area contributed by atoms with Crippen LogP contribution in [0, 0.1) is 17.1 Å². The van der Waals surface area contributed by atoms with Crippen molar-refractivity contribution in [3.63, 3.8) is 0 Å². The molecule has 0 spiro atoms. The van der Waals surface area contributed by atoms with Crippen LogP contribution in [-0.4, -0.2) is 52.6 Å². The van der Waals surface area contributed by atoms with E-state index < -0.39 is 0 Å². The molecule has 0 saturated carbocycles. The number of fused-ring (bicyclic) bond motifs is 1. The zero-order valence-corrected chi connectivity index (χ0v) is 19.6. The Hall–Kier alpha value is -4.16. The number of hydrogen-bond acceptors (Lipinski definition) is 7. The lowest BCUT2D eigenvalue weighted by Gasteiger charge is -2.35. The van der Waals surface area contributed by atoms with Gasteiger partial charge in [0.2, 0.25) is 5.95 Å². The smallest absolute Gasteiger partial charge is 0.231 e. The van der Waals surface area contributed by atoms with Crippen LogP contribution in [0.3, 0.4) is 0 Å². The van der Waals surface area contributed by atoms with Gasteiger partial charge in [-0.2, -0.15) is 15.2 Å². The largest absolute Gasteiger partial charge is 0.367 e. The Morgan fingerprint density at radius 1 is 1.03 bits per heavy atom. The van der Waals surface area contributed by atoms with Gasteiger partial charge in [-0.15, -0.1) is 0 Å². The van der Waals surface area contributed by atoms with Gasteiger partial charge in [0.25, 0.3) is 0 Å². The second-order valence-corrected chi connectivity index (χ2v) is 8.51. The van der Waals surface area contributed by atoms with Crippen molar-refractivity contribution in [2.24, 2.45) is 0 Å². The molecule has 1 aliphatic rings. The third-order valence-corrected chi connectivity index (χ3v) is 6.25. The molecule has 3 N–H and O–H groups in total. The van der Waals surface area contributed by atoms with Gasteiger partial charge in [0.05, 0.1) is 23.6 Å². The number of nitrogens with zero attached hydrogens (tertiary/aromatic N) is 5. The second-order valence-electron chi connectivity index (χ2n) is 8.51. The number of halogens is 1. The average Bonchev–Trinajstić information content (AvgIpc) is 3.34. The predicted octanol–water partition coefficient (Wildman–Crippen LogP) is 4.79. The number of aromatic nitrogens is 3. The molecule has 8 nitrogen and oxygen atoms in total. The number of benzene rings is 2. The van der Waals surface area contributed by atoms with E-state index in [9.17, 15) is 0 Å². The molecule has 2 aromatic carbocycles. The zero-order chi connectivity index (χ0) is 24.2. The Balaban J connectivity index is 1.37. The van der Waals surface area contributed by atoms with Crippen molar-refractivity contribution in [3.8, 4) is 6.07 Å². The lowest BCUT2D eigenvalue weighted by atomic mass is 10.1. The summed E-state index contributed by atoms with van der Waals surface area (Å²) in [5.41, 5.74) is 3.59. The fourth-order valence-corrected chi connectivity index (χ4v) is 4.35. The topological polar surface area (TPSA) is 95.9 Å². The van der Waals surface area contributed by atoms with E-state index in [2.05, 4.69) is 48.4 Å². The number of nitrogens with one attached hydrogen (secondary N) is 3. The van der Waals surface area contributed by atoms with E-state index in [0.717, 1.165) is 49.4 Å². The van der Waals surface area contributed by atoms with Crippen LogP contribution in [0.1, 0.15) is 12.5 Å². The quantitative estimate of drug-likeness (QED) is 0.357. The van der Waals surface area contributed by atoms with Gasteiger partial charge >= 0.3 is 0 Å². The van der Waals surface area contributed by atoms with Crippen molar-refractivity contribution in [2.75, 3.05) is 48.3 Å². The zero-order valence-electron chi connectivity index (χ0n) is 19.6. The number of anilines is 5. The number of rotatable bonds is 7. The third-order valence-electron chi connectivity index (χ3n) is 6.25. The first-order valence-electron chi connectivity index (χ1n) is 11.7. The van der Waals surface area contributed by atoms with Gasteiger partial charge in [-0.3, -0.25) is 0 Å². The molecule has 0 bridgehead atoms. The summed E-state index contributed by atoms with van der Waals surface area (Å²) in [7, 11) is 0. The van der Waals surface area contributed by atoms with E-state index >= 15 is 4.39 Å². The molecular formula is C26H27FN8. The van der Waals surface area contributed by atoms with Crippen molar-refractivity contribution in [1.29, 1.82) is 5.26 Å². The van der Waals surface area contributed by atoms with Crippen LogP contribution < -0.4 is 15.5 Å². The summed E-state index contributed by atoms with van der Waals surface area (Å²) >= 11 is 0. The highest BCUT2D eigenvalue weighted by molar-refractivity contribution is 5.90. The van der Waals surface area contributed by atoms with Gasteiger partial charge in [0.1, 0.15) is 17.3 Å². The molecule has 9 heteroatoms. The summed E-state index contributed by atoms with van der Waals surface area (Å²) in [6.45, 7) is 6.68. The summed E-state index contributed by atoms with van der Waals surface area (Å²) < 4.78 is 15.0. The van der Waals surface area contributed by atoms with Gasteiger partial charge in [-0.05, 0) is 48.5 Å². The van der Waals surface area contributed by atoms with Crippen LogP contribution in [0.4, 0.5) is 33.2 Å². The van der Waals surface area contributed by atoms with Crippen LogP contribution in [-0.2, 0) is 6.42 Å². The van der Waals surface area contributed by atoms with Crippen LogP contribution in [0.25, 0.3) is 11.0 Å². The summed E-state index contributed by atoms with van der Waals surface area (Å²) in [6.07, 6.45) is 2.13. The van der Waals surface area contributed by atoms with Crippen LogP contribution >= 0.6 is 0 Å². The summed E-state index contributed by atoms with van der Waals surface area (Å²) in [4.78, 5) is 16.8. The third kappa shape index (κ3) is 5.03. The molecule has 0 radical (unpaired) electrons. The molecule has 0 atom stereocenters. The van der Waals surface area contributed by atoms with E-state index in [-0.39, 0.29) is 5.82 Å². The highest BCUT2D eigenvalue weighted by Gasteiger charge is 2.19. The number of H-pyrrole nitrogens is 1. The maximum absolute atomic E-state index is 15.0. The maximum atomic E-state index is 15.0. The molecule has 4 aromatic rings. The molecule has 35 heavy (non-hydrogen) atoms. The Bertz CT molecular complexity index is 1370. The van der Waals surface area contributed by atoms with Crippen molar-refractivity contribution >= 4 is 39.9 Å². The van der Waals surface area contributed by atoms with E-state index in [1.165, 1.54) is 6.07 Å². The first-order valence-corrected chi connectivity index (χ1v) is 11.7. The van der Waals surface area contributed by atoms with Crippen molar-refractivity contribution in [3.05, 3.63) is 66.1 Å². The normalized spacial score (nSPS) is 14.1. The molecule has 3 heterocycles. The van der Waals surface area contributed by atoms with Gasteiger partial charge < -0.3 is 25.4 Å². The Kier molecular flexibility index (Phi) is 6.46. The second kappa shape index (κ2) is 9.99. The van der Waals surface area contributed by atoms with Crippen LogP contribution in [0.5, 0.6) is 0 Å². The van der Waals surface area contributed by atoms with Gasteiger partial charge in [0.15, 0.2) is 0 Å². The standard InChI is InChI=1S/C26H27FN8/c1-2-34-12-14-35(15-13-34)23-7-6-20(17-22(23)27)31-26-32-24-21(9-11-29-24)25(33-26)30-19-5-3-4-18(16-19)8-10-28/h3-7,9,11,16-17H,2,8,12-15H2,1H3,(H3,29,30,31,32,33). The molecule has 1 fully saturated rings. The van der Waals surface area contributed by atoms with Crippen LogP contribution in [0.2, 0.25) is 0 Å². The Morgan fingerprint density at radius 2 is 1.86 bits per heavy atom. The van der Waals surface area contributed by atoms with Gasteiger partial charge in [0, 0.05) is 43.8 Å². The van der Waals surface area contributed by atoms with E-state index in [0.29, 0.717) is 35.2 Å². The van der Waals surface area contributed by atoms with E-state index in [1.807, 2.05) is 42.5 Å². The minimum Gasteiger partial charge on any atom is -0.367 e. The highest BCUT2D eigenvalue weighted by Crippen LogP contribution is 2.28. The van der Waals surface area contributed by atoms with E-state index in [4.69, 9.17) is 5.26 Å². The Morgan fingerprint density at radius 3 is 2.63 bits per heavy atom. The molecule has 2 aromatic heterocycles. The minimum absolute atomic E-state index is 0.270. The molecule has 0 unspecified atom stereocenters. The average molecular weight is 471 g/mol. The fraction of sp³-hybridized carbons (Fsp3) is 0.269. The van der Waals surface area contributed by atoms with Crippen molar-refractivity contribution in [2.45, 2.75) is 13.3 Å². The number of aromatic amines is 1. The molecule has 5 rings (SSSR count). The molecule has 1 saturated heterocycles. The minimum atomic E-state index is -0.270. The molecule has 1 aliphatic heterocycles. The first-order chi connectivity index (χ1) is 17.1. The van der Waals surface area contributed by atoms with Gasteiger partial charge in [-0.1, -0.05) is 19.1 Å². The van der Waals surface area contributed by atoms with Gasteiger partial charge in [-0.25, -0.2) is 4.39 Å². The van der Waals surface area contributed by atoms with E-state index in [1.54, 1.807) is 6.20 Å². The molecule has 0 amide bonds. The summed E-state index contributed by atoms with van der Waals surface area (Å²) in [5, 5.41) is 16.3. The monoisotopic (exact) mass is 470 g/mol. The highest BCUT2D eigenvalue weighted by atomic mass is 19.1. The SMILES string of the molecule is CCN1CCN(c2ccc(Nc3nc(Nc4cccc(CC#N)c4)c4cc[nH]c4n3)cc2F)CC1. The number of nitriles is 1. The summed E-state index contributed by atoms with van der Waals surface area (Å²) in [5.74, 6) is 0.687. The first kappa shape index (κ1) is 22.6. The fourth-order valence-electron chi connectivity index (χ4n) is 4.35. The van der Waals surface area contributed by atoms with Crippen LogP contribution in [0.15, 0.2) is 54.7 Å². The number of likely N-dealkylation sites (N-methyl/N-ethyl adjacent to an activating group) is 1. The lowest BCUT2D eigenvalue weighted by molar-refractivity contribution is 0.270. The lowest BCUT2D eigenvalue weighted by Crippen LogP contribution is -2.46. The molecule has 0 aliphatic carbocycles. The number of hydrogen-bond donors (Lipinski definition) is 3. The Labute approximate surface area is 203 Å². The molecule has 178 valence electrons. The molecular weight excluding hydrogens is 443 g/mol. The predicted molar refractivity (Wildman–Crippen MR) is 137 cm³/mol. The van der Waals surface area contributed by atoms with Crippen molar-refractivity contribution in [1.82, 2.24) is 19.9 Å². The maximum Gasteiger partial charge on any atom is 0.231 e. The summed E-state index contributed by atoms with van der Waals surface area (Å²) in [6, 6.07) is 16.9.